The average Bonchev–Trinajstić information content (AvgIpc) is 3.36. The highest BCUT2D eigenvalue weighted by Gasteiger charge is 2.31. The van der Waals surface area contributed by atoms with Crippen LogP contribution in [-0.2, 0) is 4.74 Å². The lowest BCUT2D eigenvalue weighted by molar-refractivity contribution is 0.140. The quantitative estimate of drug-likeness (QED) is 0.894. The minimum atomic E-state index is -0.786. The van der Waals surface area contributed by atoms with Crippen molar-refractivity contribution in [3.63, 3.8) is 0 Å². The fraction of sp³-hybridized carbons (Fsp3) is 0.500. The Hall–Kier alpha value is -2.57. The van der Waals surface area contributed by atoms with Crippen molar-refractivity contribution in [2.24, 2.45) is 11.7 Å². The molecule has 1 aromatic heterocycles. The third kappa shape index (κ3) is 3.05. The Balaban J connectivity index is 1.79. The number of nitrogens with two attached hydrogens (primary N) is 1. The maximum Gasteiger partial charge on any atom is 0.404 e. The van der Waals surface area contributed by atoms with E-state index in [9.17, 15) is 9.59 Å². The van der Waals surface area contributed by atoms with E-state index in [1.807, 2.05) is 16.4 Å². The second-order valence-corrected chi connectivity index (χ2v) is 7.68. The Kier molecular flexibility index (Phi) is 4.32. The molecule has 0 spiro atoms. The van der Waals surface area contributed by atoms with E-state index in [0.29, 0.717) is 24.3 Å². The maximum atomic E-state index is 15.3. The molecule has 6 nitrogen and oxygen atoms in total. The number of halogens is 1. The summed E-state index contributed by atoms with van der Waals surface area (Å²) >= 11 is 0. The smallest absolute Gasteiger partial charge is 0.404 e. The molecule has 1 amide bonds. The first kappa shape index (κ1) is 17.8. The normalized spacial score (nSPS) is 19.7. The lowest BCUT2D eigenvalue weighted by Gasteiger charge is -2.25. The molecule has 1 saturated carbocycles. The Labute approximate surface area is 156 Å². The van der Waals surface area contributed by atoms with E-state index in [0.717, 1.165) is 35.7 Å². The van der Waals surface area contributed by atoms with Crippen LogP contribution in [0.5, 0.6) is 0 Å². The highest BCUT2D eigenvalue weighted by atomic mass is 19.1. The lowest BCUT2D eigenvalue weighted by atomic mass is 10.0. The summed E-state index contributed by atoms with van der Waals surface area (Å²) in [5.74, 6) is -0.119. The SMILES string of the molecule is Cc1c(F)c(N2CCC(COC(N)=O)C2)c(C)c2c1ccc(=O)n2C1CC1. The third-order valence-corrected chi connectivity index (χ3v) is 5.75. The standard InChI is InChI=1S/C20H24FN3O3/c1-11-15-5-6-16(25)24(14-3-4-14)18(15)12(2)19(17(11)21)23-8-7-13(9-23)10-27-20(22)26/h5-6,13-14H,3-4,7-10H2,1-2H3,(H2,22,26). The van der Waals surface area contributed by atoms with Crippen LogP contribution >= 0.6 is 0 Å². The molecular formula is C20H24FN3O3. The fourth-order valence-electron chi connectivity index (χ4n) is 4.25. The third-order valence-electron chi connectivity index (χ3n) is 5.75. The van der Waals surface area contributed by atoms with Gasteiger partial charge in [-0.15, -0.1) is 0 Å². The van der Waals surface area contributed by atoms with Gasteiger partial charge in [0.25, 0.3) is 5.56 Å². The van der Waals surface area contributed by atoms with Gasteiger partial charge in [-0.3, -0.25) is 4.79 Å². The first-order valence-electron chi connectivity index (χ1n) is 9.39. The Morgan fingerprint density at radius 2 is 2.00 bits per heavy atom. The maximum absolute atomic E-state index is 15.3. The number of carbonyl (C=O) groups is 1. The van der Waals surface area contributed by atoms with E-state index < -0.39 is 6.09 Å². The highest BCUT2D eigenvalue weighted by Crippen LogP contribution is 2.41. The number of fused-ring (bicyclic) bond motifs is 1. The van der Waals surface area contributed by atoms with E-state index in [2.05, 4.69) is 0 Å². The molecule has 2 N–H and O–H groups in total. The van der Waals surface area contributed by atoms with Crippen LogP contribution in [0.2, 0.25) is 0 Å². The van der Waals surface area contributed by atoms with Crippen LogP contribution in [0.4, 0.5) is 14.9 Å². The lowest BCUT2D eigenvalue weighted by Crippen LogP contribution is -2.26. The number of benzene rings is 1. The zero-order chi connectivity index (χ0) is 19.3. The van der Waals surface area contributed by atoms with Crippen LogP contribution in [0.25, 0.3) is 10.9 Å². The number of carbonyl (C=O) groups excluding carboxylic acids is 1. The van der Waals surface area contributed by atoms with Crippen LogP contribution in [0.15, 0.2) is 16.9 Å². The van der Waals surface area contributed by atoms with Gasteiger partial charge in [0.1, 0.15) is 5.82 Å². The van der Waals surface area contributed by atoms with Crippen LogP contribution in [-0.4, -0.2) is 30.4 Å². The monoisotopic (exact) mass is 373 g/mol. The molecule has 1 atom stereocenters. The van der Waals surface area contributed by atoms with Gasteiger partial charge in [-0.1, -0.05) is 0 Å². The summed E-state index contributed by atoms with van der Waals surface area (Å²) in [6.45, 7) is 5.18. The number of primary amides is 1. The number of aromatic nitrogens is 1. The number of ether oxygens (including phenoxy) is 1. The van der Waals surface area contributed by atoms with Gasteiger partial charge in [-0.25, -0.2) is 9.18 Å². The molecule has 0 bridgehead atoms. The second kappa shape index (κ2) is 6.55. The van der Waals surface area contributed by atoms with Gasteiger partial charge < -0.3 is 19.9 Å². The molecule has 7 heteroatoms. The Morgan fingerprint density at radius 3 is 2.67 bits per heavy atom. The summed E-state index contributed by atoms with van der Waals surface area (Å²) in [6, 6.07) is 3.49. The largest absolute Gasteiger partial charge is 0.449 e. The summed E-state index contributed by atoms with van der Waals surface area (Å²) in [6.07, 6.45) is 1.99. The van der Waals surface area contributed by atoms with Crippen LogP contribution in [0.1, 0.15) is 36.4 Å². The molecule has 144 valence electrons. The molecule has 1 saturated heterocycles. The summed E-state index contributed by atoms with van der Waals surface area (Å²) in [7, 11) is 0. The molecule has 1 aliphatic heterocycles. The number of rotatable bonds is 4. The van der Waals surface area contributed by atoms with Crippen molar-refractivity contribution in [1.29, 1.82) is 0 Å². The number of nitrogens with zero attached hydrogens (tertiary/aromatic N) is 2. The number of hydrogen-bond acceptors (Lipinski definition) is 4. The van der Waals surface area contributed by atoms with Gasteiger partial charge in [0.15, 0.2) is 0 Å². The van der Waals surface area contributed by atoms with E-state index in [-0.39, 0.29) is 29.9 Å². The molecule has 1 aliphatic carbocycles. The molecule has 1 aromatic carbocycles. The van der Waals surface area contributed by atoms with Gasteiger partial charge in [-0.05, 0) is 50.3 Å². The van der Waals surface area contributed by atoms with Gasteiger partial charge in [-0.2, -0.15) is 0 Å². The molecule has 2 aliphatic rings. The van der Waals surface area contributed by atoms with Crippen molar-refractivity contribution in [3.05, 3.63) is 39.4 Å². The highest BCUT2D eigenvalue weighted by molar-refractivity contribution is 5.91. The summed E-state index contributed by atoms with van der Waals surface area (Å²) in [5.41, 5.74) is 7.78. The summed E-state index contributed by atoms with van der Waals surface area (Å²) in [4.78, 5) is 25.3. The van der Waals surface area contributed by atoms with Crippen LogP contribution < -0.4 is 16.2 Å². The molecule has 0 radical (unpaired) electrons. The van der Waals surface area contributed by atoms with E-state index >= 15 is 4.39 Å². The first-order chi connectivity index (χ1) is 12.9. The topological polar surface area (TPSA) is 77.6 Å². The van der Waals surface area contributed by atoms with Crippen molar-refractivity contribution < 1.29 is 13.9 Å². The predicted octanol–water partition coefficient (Wildman–Crippen LogP) is 3.01. The number of pyridine rings is 1. The molecule has 2 aromatic rings. The molecule has 2 heterocycles. The number of anilines is 1. The van der Waals surface area contributed by atoms with Gasteiger partial charge in [0.2, 0.25) is 0 Å². The van der Waals surface area contributed by atoms with Crippen LogP contribution in [0, 0.1) is 25.6 Å². The molecular weight excluding hydrogens is 349 g/mol. The van der Waals surface area contributed by atoms with Crippen molar-refractivity contribution in [1.82, 2.24) is 4.57 Å². The minimum Gasteiger partial charge on any atom is -0.449 e. The van der Waals surface area contributed by atoms with Crippen molar-refractivity contribution >= 4 is 22.7 Å². The zero-order valence-corrected chi connectivity index (χ0v) is 15.6. The molecule has 1 unspecified atom stereocenters. The Morgan fingerprint density at radius 1 is 1.26 bits per heavy atom. The Bertz CT molecular complexity index is 981. The summed E-state index contributed by atoms with van der Waals surface area (Å²) in [5, 5.41) is 0.799. The molecule has 27 heavy (non-hydrogen) atoms. The zero-order valence-electron chi connectivity index (χ0n) is 15.6. The van der Waals surface area contributed by atoms with Crippen molar-refractivity contribution in [3.8, 4) is 0 Å². The van der Waals surface area contributed by atoms with Crippen molar-refractivity contribution in [2.45, 2.75) is 39.2 Å². The first-order valence-corrected chi connectivity index (χ1v) is 9.39. The number of hydrogen-bond donors (Lipinski definition) is 1. The van der Waals surface area contributed by atoms with Crippen LogP contribution in [0.3, 0.4) is 0 Å². The van der Waals surface area contributed by atoms with E-state index in [4.69, 9.17) is 10.5 Å². The minimum absolute atomic E-state index is 0.0285. The molecule has 4 rings (SSSR count). The van der Waals surface area contributed by atoms with Gasteiger partial charge >= 0.3 is 6.09 Å². The van der Waals surface area contributed by atoms with Crippen molar-refractivity contribution in [2.75, 3.05) is 24.6 Å². The second-order valence-electron chi connectivity index (χ2n) is 7.68. The average molecular weight is 373 g/mol. The van der Waals surface area contributed by atoms with E-state index in [1.54, 1.807) is 19.1 Å². The predicted molar refractivity (Wildman–Crippen MR) is 102 cm³/mol. The summed E-state index contributed by atoms with van der Waals surface area (Å²) < 4.78 is 22.0. The number of amides is 1. The molecule has 2 fully saturated rings. The number of aryl methyl sites for hydroxylation is 2. The van der Waals surface area contributed by atoms with E-state index in [1.165, 1.54) is 0 Å². The van der Waals surface area contributed by atoms with Gasteiger partial charge in [0.05, 0.1) is 17.8 Å². The fourth-order valence-corrected chi connectivity index (χ4v) is 4.25. The van der Waals surface area contributed by atoms with Gasteiger partial charge in [0, 0.05) is 36.5 Å².